The topological polar surface area (TPSA) is 64.4 Å². The first-order chi connectivity index (χ1) is 11.2. The largest absolute Gasteiger partial charge is 0.490 e. The molecule has 0 saturated heterocycles. The molecule has 2 aromatic carbocycles. The molecule has 1 aliphatic heterocycles. The summed E-state index contributed by atoms with van der Waals surface area (Å²) in [5.74, 6) is -0.333. The van der Waals surface area contributed by atoms with Crippen molar-refractivity contribution in [2.75, 3.05) is 6.61 Å². The van der Waals surface area contributed by atoms with Crippen molar-refractivity contribution < 1.29 is 13.9 Å². The molecule has 1 heterocycles. The van der Waals surface area contributed by atoms with Gasteiger partial charge >= 0.3 is 0 Å². The van der Waals surface area contributed by atoms with Crippen LogP contribution in [0.3, 0.4) is 0 Å². The number of carbonyl (C=O) groups is 1. The fraction of sp³-hybridized carbons (Fsp3) is 0.278. The number of hydrogen-bond acceptors (Lipinski definition) is 3. The molecule has 23 heavy (non-hydrogen) atoms. The number of benzene rings is 2. The molecule has 5 heteroatoms. The van der Waals surface area contributed by atoms with E-state index in [1.807, 2.05) is 12.1 Å². The van der Waals surface area contributed by atoms with E-state index in [1.165, 1.54) is 6.07 Å². The highest BCUT2D eigenvalue weighted by Gasteiger charge is 2.24. The van der Waals surface area contributed by atoms with Crippen molar-refractivity contribution >= 4 is 5.91 Å². The molecule has 1 atom stereocenters. The predicted octanol–water partition coefficient (Wildman–Crippen LogP) is 2.93. The standard InChI is InChI=1S/C18H19FN2O2/c19-15-4-1-3-14-16(5-2-10-23-17(14)15)21-18(22)13-8-6-12(11-20)7-9-13/h1,3-4,6-9,16H,2,5,10-11,20H2,(H,21,22). The summed E-state index contributed by atoms with van der Waals surface area (Å²) < 4.78 is 19.4. The van der Waals surface area contributed by atoms with Crippen LogP contribution in [-0.2, 0) is 6.54 Å². The number of halogens is 1. The van der Waals surface area contributed by atoms with Crippen LogP contribution in [0.1, 0.15) is 40.4 Å². The van der Waals surface area contributed by atoms with Crippen LogP contribution in [0.5, 0.6) is 5.75 Å². The van der Waals surface area contributed by atoms with E-state index in [-0.39, 0.29) is 17.7 Å². The Balaban J connectivity index is 1.82. The summed E-state index contributed by atoms with van der Waals surface area (Å²) in [6.07, 6.45) is 1.47. The molecule has 120 valence electrons. The molecule has 0 bridgehead atoms. The van der Waals surface area contributed by atoms with E-state index in [9.17, 15) is 9.18 Å². The molecular formula is C18H19FN2O2. The van der Waals surface area contributed by atoms with Crippen molar-refractivity contribution in [2.24, 2.45) is 5.73 Å². The van der Waals surface area contributed by atoms with Gasteiger partial charge in [-0.1, -0.05) is 24.3 Å². The molecule has 0 saturated carbocycles. The van der Waals surface area contributed by atoms with E-state index in [0.29, 0.717) is 30.7 Å². The van der Waals surface area contributed by atoms with Gasteiger partial charge in [0.25, 0.3) is 5.91 Å². The Kier molecular flexibility index (Phi) is 4.57. The van der Waals surface area contributed by atoms with Gasteiger partial charge < -0.3 is 15.8 Å². The number of rotatable bonds is 3. The maximum atomic E-state index is 13.9. The van der Waals surface area contributed by atoms with Gasteiger partial charge in [0.15, 0.2) is 11.6 Å². The Labute approximate surface area is 134 Å². The molecule has 0 fully saturated rings. The van der Waals surface area contributed by atoms with E-state index in [4.69, 9.17) is 10.5 Å². The highest BCUT2D eigenvalue weighted by Crippen LogP contribution is 2.33. The molecule has 0 aromatic heterocycles. The Bertz CT molecular complexity index is 701. The molecule has 0 spiro atoms. The second-order valence-electron chi connectivity index (χ2n) is 5.58. The molecule has 1 unspecified atom stereocenters. The summed E-state index contributed by atoms with van der Waals surface area (Å²) in [7, 11) is 0. The van der Waals surface area contributed by atoms with Crippen molar-refractivity contribution in [3.05, 3.63) is 65.0 Å². The smallest absolute Gasteiger partial charge is 0.251 e. The normalized spacial score (nSPS) is 16.9. The number of ether oxygens (including phenoxy) is 1. The third kappa shape index (κ3) is 3.35. The van der Waals surface area contributed by atoms with Crippen molar-refractivity contribution in [1.29, 1.82) is 0 Å². The number of fused-ring (bicyclic) bond motifs is 1. The lowest BCUT2D eigenvalue weighted by atomic mass is 10.0. The maximum Gasteiger partial charge on any atom is 0.251 e. The summed E-state index contributed by atoms with van der Waals surface area (Å²) in [5, 5.41) is 2.98. The Morgan fingerprint density at radius 1 is 1.26 bits per heavy atom. The van der Waals surface area contributed by atoms with Gasteiger partial charge in [-0.2, -0.15) is 0 Å². The van der Waals surface area contributed by atoms with Gasteiger partial charge in [-0.3, -0.25) is 4.79 Å². The van der Waals surface area contributed by atoms with Crippen LogP contribution in [0.4, 0.5) is 4.39 Å². The first-order valence-electron chi connectivity index (χ1n) is 7.70. The van der Waals surface area contributed by atoms with Crippen LogP contribution in [-0.4, -0.2) is 12.5 Å². The maximum absolute atomic E-state index is 13.9. The lowest BCUT2D eigenvalue weighted by Gasteiger charge is -2.18. The van der Waals surface area contributed by atoms with Crippen molar-refractivity contribution in [1.82, 2.24) is 5.32 Å². The van der Waals surface area contributed by atoms with E-state index in [1.54, 1.807) is 24.3 Å². The first-order valence-corrected chi connectivity index (χ1v) is 7.70. The molecule has 4 nitrogen and oxygen atoms in total. The summed E-state index contributed by atoms with van der Waals surface area (Å²) in [6, 6.07) is 11.7. The summed E-state index contributed by atoms with van der Waals surface area (Å²) in [5.41, 5.74) is 7.78. The second-order valence-corrected chi connectivity index (χ2v) is 5.58. The zero-order valence-corrected chi connectivity index (χ0v) is 12.7. The number of hydrogen-bond donors (Lipinski definition) is 2. The van der Waals surface area contributed by atoms with Crippen LogP contribution in [0.15, 0.2) is 42.5 Å². The Morgan fingerprint density at radius 2 is 2.04 bits per heavy atom. The number of carbonyl (C=O) groups excluding carboxylic acids is 1. The molecule has 3 rings (SSSR count). The highest BCUT2D eigenvalue weighted by molar-refractivity contribution is 5.94. The zero-order valence-electron chi connectivity index (χ0n) is 12.7. The molecule has 0 radical (unpaired) electrons. The zero-order chi connectivity index (χ0) is 16.2. The van der Waals surface area contributed by atoms with E-state index < -0.39 is 5.82 Å². The number of amides is 1. The van der Waals surface area contributed by atoms with Gasteiger partial charge in [-0.15, -0.1) is 0 Å². The fourth-order valence-electron chi connectivity index (χ4n) is 2.75. The van der Waals surface area contributed by atoms with Gasteiger partial charge in [0.05, 0.1) is 12.6 Å². The van der Waals surface area contributed by atoms with E-state index >= 15 is 0 Å². The summed E-state index contributed by atoms with van der Waals surface area (Å²) in [6.45, 7) is 0.889. The van der Waals surface area contributed by atoms with Crippen LogP contribution in [0, 0.1) is 5.82 Å². The third-order valence-electron chi connectivity index (χ3n) is 4.01. The first kappa shape index (κ1) is 15.5. The van der Waals surface area contributed by atoms with Crippen LogP contribution in [0.2, 0.25) is 0 Å². The number of nitrogens with two attached hydrogens (primary N) is 1. The monoisotopic (exact) mass is 314 g/mol. The molecule has 2 aromatic rings. The Morgan fingerprint density at radius 3 is 2.78 bits per heavy atom. The lowest BCUT2D eigenvalue weighted by molar-refractivity contribution is 0.0934. The molecule has 0 aliphatic carbocycles. The summed E-state index contributed by atoms with van der Waals surface area (Å²) >= 11 is 0. The second kappa shape index (κ2) is 6.79. The van der Waals surface area contributed by atoms with Gasteiger partial charge in [0.2, 0.25) is 0 Å². The number of nitrogens with one attached hydrogen (secondary N) is 1. The van der Waals surface area contributed by atoms with Crippen molar-refractivity contribution in [3.63, 3.8) is 0 Å². The molecule has 1 aliphatic rings. The molecule has 3 N–H and O–H groups in total. The number of para-hydroxylation sites is 1. The quantitative estimate of drug-likeness (QED) is 0.915. The van der Waals surface area contributed by atoms with Crippen molar-refractivity contribution in [2.45, 2.75) is 25.4 Å². The van der Waals surface area contributed by atoms with E-state index in [0.717, 1.165) is 12.0 Å². The van der Waals surface area contributed by atoms with Crippen LogP contribution >= 0.6 is 0 Å². The van der Waals surface area contributed by atoms with Gasteiger partial charge in [0.1, 0.15) is 0 Å². The van der Waals surface area contributed by atoms with Crippen LogP contribution in [0.25, 0.3) is 0 Å². The Hall–Kier alpha value is -2.40. The van der Waals surface area contributed by atoms with Gasteiger partial charge in [-0.05, 0) is 36.6 Å². The SMILES string of the molecule is NCc1ccc(C(=O)NC2CCCOc3c(F)cccc32)cc1. The fourth-order valence-corrected chi connectivity index (χ4v) is 2.75. The average molecular weight is 314 g/mol. The average Bonchev–Trinajstić information content (AvgIpc) is 2.78. The van der Waals surface area contributed by atoms with E-state index in [2.05, 4.69) is 5.32 Å². The van der Waals surface area contributed by atoms with Crippen LogP contribution < -0.4 is 15.8 Å². The minimum atomic E-state index is -0.393. The molecule has 1 amide bonds. The minimum absolute atomic E-state index is 0.185. The minimum Gasteiger partial charge on any atom is -0.490 e. The van der Waals surface area contributed by atoms with Gasteiger partial charge in [0, 0.05) is 17.7 Å². The lowest BCUT2D eigenvalue weighted by Crippen LogP contribution is -2.28. The van der Waals surface area contributed by atoms with Gasteiger partial charge in [-0.25, -0.2) is 4.39 Å². The molecular weight excluding hydrogens is 295 g/mol. The predicted molar refractivity (Wildman–Crippen MR) is 85.7 cm³/mol. The summed E-state index contributed by atoms with van der Waals surface area (Å²) in [4.78, 5) is 12.4. The highest BCUT2D eigenvalue weighted by atomic mass is 19.1. The van der Waals surface area contributed by atoms with Crippen molar-refractivity contribution in [3.8, 4) is 5.75 Å². The third-order valence-corrected chi connectivity index (χ3v) is 4.01.